The molecule has 0 amide bonds. The predicted molar refractivity (Wildman–Crippen MR) is 83.0 cm³/mol. The van der Waals surface area contributed by atoms with E-state index >= 15 is 0 Å². The molecule has 0 aliphatic heterocycles. The summed E-state index contributed by atoms with van der Waals surface area (Å²) in [5.74, 6) is 0.904. The molecule has 1 N–H and O–H groups in total. The smallest absolute Gasteiger partial charge is 0.149 e. The Bertz CT molecular complexity index is 768. The Labute approximate surface area is 128 Å². The van der Waals surface area contributed by atoms with Crippen molar-refractivity contribution in [3.63, 3.8) is 0 Å². The number of rotatable bonds is 4. The molecule has 1 aromatic carbocycles. The van der Waals surface area contributed by atoms with Crippen LogP contribution in [0.3, 0.4) is 0 Å². The lowest BCUT2D eigenvalue weighted by Gasteiger charge is -2.14. The molecule has 0 bridgehead atoms. The van der Waals surface area contributed by atoms with E-state index in [2.05, 4.69) is 27.4 Å². The Kier molecular flexibility index (Phi) is 3.86. The largest absolute Gasteiger partial charge is 0.319 e. The molecule has 1 atom stereocenters. The second-order valence-electron chi connectivity index (χ2n) is 5.01. The molecule has 5 nitrogen and oxygen atoms in total. The van der Waals surface area contributed by atoms with Crippen molar-refractivity contribution in [2.45, 2.75) is 19.5 Å². The van der Waals surface area contributed by atoms with Crippen molar-refractivity contribution in [2.24, 2.45) is 7.05 Å². The van der Waals surface area contributed by atoms with Crippen LogP contribution in [0.15, 0.2) is 36.8 Å². The molecule has 0 fully saturated rings. The van der Waals surface area contributed by atoms with E-state index in [1.54, 1.807) is 12.5 Å². The lowest BCUT2D eigenvalue weighted by atomic mass is 10.1. The number of nitrogens with one attached hydrogen (secondary N) is 1. The number of halogens is 1. The van der Waals surface area contributed by atoms with Crippen molar-refractivity contribution in [1.29, 1.82) is 0 Å². The zero-order valence-corrected chi connectivity index (χ0v) is 12.7. The number of aryl methyl sites for hydroxylation is 1. The Morgan fingerprint density at radius 3 is 2.95 bits per heavy atom. The average Bonchev–Trinajstić information content (AvgIpc) is 2.93. The van der Waals surface area contributed by atoms with Gasteiger partial charge >= 0.3 is 0 Å². The van der Waals surface area contributed by atoms with Crippen LogP contribution in [0.5, 0.6) is 0 Å². The SMILES string of the molecule is CC(NCc1ccc(Cl)c2cccnc12)c1nncn1C. The van der Waals surface area contributed by atoms with E-state index in [9.17, 15) is 0 Å². The third kappa shape index (κ3) is 2.75. The van der Waals surface area contributed by atoms with Crippen LogP contribution in [-0.2, 0) is 13.6 Å². The maximum Gasteiger partial charge on any atom is 0.149 e. The average molecular weight is 302 g/mol. The highest BCUT2D eigenvalue weighted by Gasteiger charge is 2.12. The minimum atomic E-state index is 0.104. The predicted octanol–water partition coefficient (Wildman–Crippen LogP) is 2.87. The molecule has 2 heterocycles. The van der Waals surface area contributed by atoms with Gasteiger partial charge in [0.2, 0.25) is 0 Å². The van der Waals surface area contributed by atoms with Crippen LogP contribution >= 0.6 is 11.6 Å². The molecule has 21 heavy (non-hydrogen) atoms. The standard InChI is InChI=1S/C15H16ClN5/c1-10(15-20-19-9-21(15)2)18-8-11-5-6-13(16)12-4-3-7-17-14(11)12/h3-7,9-10,18H,8H2,1-2H3. The summed E-state index contributed by atoms with van der Waals surface area (Å²) in [4.78, 5) is 4.44. The maximum atomic E-state index is 6.21. The highest BCUT2D eigenvalue weighted by molar-refractivity contribution is 6.35. The van der Waals surface area contributed by atoms with E-state index in [0.717, 1.165) is 27.3 Å². The van der Waals surface area contributed by atoms with Crippen molar-refractivity contribution < 1.29 is 0 Å². The summed E-state index contributed by atoms with van der Waals surface area (Å²) >= 11 is 6.21. The summed E-state index contributed by atoms with van der Waals surface area (Å²) in [6.45, 7) is 2.76. The fourth-order valence-electron chi connectivity index (χ4n) is 2.38. The van der Waals surface area contributed by atoms with Gasteiger partial charge in [0.05, 0.1) is 11.6 Å². The molecule has 0 saturated heterocycles. The number of nitrogens with zero attached hydrogens (tertiary/aromatic N) is 4. The van der Waals surface area contributed by atoms with E-state index in [4.69, 9.17) is 11.6 Å². The molecular formula is C15H16ClN5. The fraction of sp³-hybridized carbons (Fsp3) is 0.267. The summed E-state index contributed by atoms with van der Waals surface area (Å²) < 4.78 is 1.91. The number of aromatic nitrogens is 4. The van der Waals surface area contributed by atoms with E-state index in [0.29, 0.717) is 6.54 Å². The van der Waals surface area contributed by atoms with Gasteiger partial charge in [-0.3, -0.25) is 4.98 Å². The molecule has 108 valence electrons. The van der Waals surface area contributed by atoms with Crippen molar-refractivity contribution >= 4 is 22.5 Å². The molecule has 0 saturated carbocycles. The zero-order chi connectivity index (χ0) is 14.8. The topological polar surface area (TPSA) is 55.6 Å². The second kappa shape index (κ2) is 5.79. The Morgan fingerprint density at radius 2 is 2.19 bits per heavy atom. The number of hydrogen-bond donors (Lipinski definition) is 1. The third-order valence-corrected chi connectivity index (χ3v) is 3.86. The van der Waals surface area contributed by atoms with Gasteiger partial charge < -0.3 is 9.88 Å². The van der Waals surface area contributed by atoms with Crippen molar-refractivity contribution in [3.05, 3.63) is 53.2 Å². The quantitative estimate of drug-likeness (QED) is 0.805. The van der Waals surface area contributed by atoms with Gasteiger partial charge in [-0.25, -0.2) is 0 Å². The van der Waals surface area contributed by atoms with Crippen LogP contribution in [0.2, 0.25) is 5.02 Å². The molecule has 6 heteroatoms. The summed E-state index contributed by atoms with van der Waals surface area (Å²) in [5, 5.41) is 13.2. The third-order valence-electron chi connectivity index (χ3n) is 3.53. The van der Waals surface area contributed by atoms with Gasteiger partial charge in [-0.15, -0.1) is 10.2 Å². The number of fused-ring (bicyclic) bond motifs is 1. The monoisotopic (exact) mass is 301 g/mol. The molecule has 3 rings (SSSR count). The van der Waals surface area contributed by atoms with E-state index in [-0.39, 0.29) is 6.04 Å². The Balaban J connectivity index is 1.83. The normalized spacial score (nSPS) is 12.7. The van der Waals surface area contributed by atoms with Gasteiger partial charge in [-0.1, -0.05) is 17.7 Å². The van der Waals surface area contributed by atoms with Gasteiger partial charge in [0.1, 0.15) is 12.2 Å². The van der Waals surface area contributed by atoms with E-state index in [1.165, 1.54) is 0 Å². The molecule has 2 aromatic heterocycles. The number of pyridine rings is 1. The minimum Gasteiger partial charge on any atom is -0.319 e. The van der Waals surface area contributed by atoms with Gasteiger partial charge in [0, 0.05) is 30.2 Å². The van der Waals surface area contributed by atoms with Crippen LogP contribution in [0.25, 0.3) is 10.9 Å². The lowest BCUT2D eigenvalue weighted by molar-refractivity contribution is 0.529. The molecule has 0 aliphatic rings. The first-order valence-corrected chi connectivity index (χ1v) is 7.14. The zero-order valence-electron chi connectivity index (χ0n) is 11.9. The first kappa shape index (κ1) is 14.0. The van der Waals surface area contributed by atoms with Crippen molar-refractivity contribution in [3.8, 4) is 0 Å². The highest BCUT2D eigenvalue weighted by Crippen LogP contribution is 2.25. The van der Waals surface area contributed by atoms with Gasteiger partial charge in [-0.05, 0) is 30.7 Å². The van der Waals surface area contributed by atoms with Crippen molar-refractivity contribution in [1.82, 2.24) is 25.1 Å². The van der Waals surface area contributed by atoms with E-state index in [1.807, 2.05) is 35.9 Å². The number of benzene rings is 1. The molecule has 3 aromatic rings. The molecule has 0 spiro atoms. The van der Waals surface area contributed by atoms with Crippen LogP contribution in [0, 0.1) is 0 Å². The lowest BCUT2D eigenvalue weighted by Crippen LogP contribution is -2.21. The molecular weight excluding hydrogens is 286 g/mol. The maximum absolute atomic E-state index is 6.21. The van der Waals surface area contributed by atoms with Gasteiger partial charge in [-0.2, -0.15) is 0 Å². The highest BCUT2D eigenvalue weighted by atomic mass is 35.5. The van der Waals surface area contributed by atoms with Gasteiger partial charge in [0.15, 0.2) is 0 Å². The van der Waals surface area contributed by atoms with Crippen LogP contribution in [0.4, 0.5) is 0 Å². The summed E-state index contributed by atoms with van der Waals surface area (Å²) in [6.07, 6.45) is 3.49. The number of hydrogen-bond acceptors (Lipinski definition) is 4. The van der Waals surface area contributed by atoms with Crippen LogP contribution < -0.4 is 5.32 Å². The molecule has 0 aliphatic carbocycles. The second-order valence-corrected chi connectivity index (χ2v) is 5.42. The van der Waals surface area contributed by atoms with Crippen molar-refractivity contribution in [2.75, 3.05) is 0 Å². The fourth-order valence-corrected chi connectivity index (χ4v) is 2.59. The summed E-state index contributed by atoms with van der Waals surface area (Å²) in [7, 11) is 1.94. The van der Waals surface area contributed by atoms with Gasteiger partial charge in [0.25, 0.3) is 0 Å². The first-order chi connectivity index (χ1) is 10.2. The summed E-state index contributed by atoms with van der Waals surface area (Å²) in [5.41, 5.74) is 2.05. The minimum absolute atomic E-state index is 0.104. The molecule has 0 radical (unpaired) electrons. The van der Waals surface area contributed by atoms with Crippen LogP contribution in [0.1, 0.15) is 24.4 Å². The Morgan fingerprint density at radius 1 is 1.33 bits per heavy atom. The first-order valence-electron chi connectivity index (χ1n) is 6.76. The van der Waals surface area contributed by atoms with Crippen LogP contribution in [-0.4, -0.2) is 19.7 Å². The molecule has 1 unspecified atom stereocenters. The van der Waals surface area contributed by atoms with E-state index < -0.39 is 0 Å². The Hall–Kier alpha value is -1.98. The summed E-state index contributed by atoms with van der Waals surface area (Å²) in [6, 6.07) is 7.91.